The molecule has 1 N–H and O–H groups in total. The molecule has 1 aromatic rings. The Morgan fingerprint density at radius 1 is 1.53 bits per heavy atom. The molecule has 3 nitrogen and oxygen atoms in total. The van der Waals surface area contributed by atoms with E-state index in [9.17, 15) is 4.79 Å². The third-order valence-corrected chi connectivity index (χ3v) is 2.18. The Balaban J connectivity index is 2.82. The molecule has 0 aliphatic heterocycles. The summed E-state index contributed by atoms with van der Waals surface area (Å²) < 4.78 is 5.07. The summed E-state index contributed by atoms with van der Waals surface area (Å²) in [5.41, 5.74) is 0.556. The molecule has 0 aliphatic rings. The molecule has 0 saturated carbocycles. The van der Waals surface area contributed by atoms with Crippen molar-refractivity contribution in [3.63, 3.8) is 0 Å². The summed E-state index contributed by atoms with van der Waals surface area (Å²) >= 11 is 11.3. The van der Waals surface area contributed by atoms with Gasteiger partial charge < -0.3 is 10.1 Å². The number of benzene rings is 1. The highest BCUT2D eigenvalue weighted by Crippen LogP contribution is 2.27. The molecule has 0 unspecified atom stereocenters. The zero-order chi connectivity index (χ0) is 11.3. The van der Waals surface area contributed by atoms with Crippen LogP contribution in [0.4, 0.5) is 5.69 Å². The van der Waals surface area contributed by atoms with Gasteiger partial charge in [0, 0.05) is 17.3 Å². The lowest BCUT2D eigenvalue weighted by atomic mass is 10.3. The number of ether oxygens (including phenoxy) is 1. The maximum Gasteiger partial charge on any atom is 0.225 e. The highest BCUT2D eigenvalue weighted by molar-refractivity contribution is 6.31. The van der Waals surface area contributed by atoms with E-state index < -0.39 is 0 Å². The first-order chi connectivity index (χ1) is 7.17. The van der Waals surface area contributed by atoms with Crippen LogP contribution in [-0.2, 0) is 4.79 Å². The third kappa shape index (κ3) is 3.61. The molecule has 0 radical (unpaired) electrons. The minimum Gasteiger partial charge on any atom is -0.495 e. The van der Waals surface area contributed by atoms with Gasteiger partial charge >= 0.3 is 0 Å². The molecular formula is C10H11Cl2NO2. The fourth-order valence-electron chi connectivity index (χ4n) is 1.08. The number of methoxy groups -OCH3 is 1. The van der Waals surface area contributed by atoms with Crippen LogP contribution in [0.1, 0.15) is 6.42 Å². The van der Waals surface area contributed by atoms with Crippen molar-refractivity contribution in [2.24, 2.45) is 0 Å². The van der Waals surface area contributed by atoms with Crippen molar-refractivity contribution in [3.05, 3.63) is 23.2 Å². The molecule has 0 spiro atoms. The van der Waals surface area contributed by atoms with E-state index in [1.165, 1.54) is 7.11 Å². The molecule has 1 rings (SSSR count). The minimum absolute atomic E-state index is 0.162. The first kappa shape index (κ1) is 12.1. The second-order valence-electron chi connectivity index (χ2n) is 2.83. The van der Waals surface area contributed by atoms with Gasteiger partial charge in [0.1, 0.15) is 5.75 Å². The Hall–Kier alpha value is -0.930. The van der Waals surface area contributed by atoms with Crippen molar-refractivity contribution >= 4 is 34.8 Å². The largest absolute Gasteiger partial charge is 0.495 e. The average molecular weight is 248 g/mol. The molecule has 0 bridgehead atoms. The number of alkyl halides is 1. The quantitative estimate of drug-likeness (QED) is 0.832. The van der Waals surface area contributed by atoms with Gasteiger partial charge in [-0.1, -0.05) is 11.6 Å². The van der Waals surface area contributed by atoms with Crippen LogP contribution in [0.2, 0.25) is 5.02 Å². The summed E-state index contributed by atoms with van der Waals surface area (Å²) in [4.78, 5) is 11.3. The second kappa shape index (κ2) is 5.83. The highest BCUT2D eigenvalue weighted by Gasteiger charge is 2.07. The van der Waals surface area contributed by atoms with Crippen molar-refractivity contribution in [1.82, 2.24) is 0 Å². The van der Waals surface area contributed by atoms with Gasteiger partial charge in [-0.25, -0.2) is 0 Å². The zero-order valence-electron chi connectivity index (χ0n) is 8.22. The molecule has 15 heavy (non-hydrogen) atoms. The SMILES string of the molecule is COc1ccc(Cl)cc1NC(=O)CCCl. The van der Waals surface area contributed by atoms with Crippen LogP contribution in [0.3, 0.4) is 0 Å². The van der Waals surface area contributed by atoms with Crippen LogP contribution >= 0.6 is 23.2 Å². The first-order valence-corrected chi connectivity index (χ1v) is 5.28. The van der Waals surface area contributed by atoms with Crippen molar-refractivity contribution in [1.29, 1.82) is 0 Å². The molecule has 1 aromatic carbocycles. The van der Waals surface area contributed by atoms with Gasteiger partial charge in [0.25, 0.3) is 0 Å². The predicted octanol–water partition coefficient (Wildman–Crippen LogP) is 2.92. The number of carbonyl (C=O) groups excluding carboxylic acids is 1. The summed E-state index contributed by atoms with van der Waals surface area (Å²) in [6, 6.07) is 5.02. The van der Waals surface area contributed by atoms with Crippen LogP contribution in [0.15, 0.2) is 18.2 Å². The molecular weight excluding hydrogens is 237 g/mol. The molecule has 0 heterocycles. The monoisotopic (exact) mass is 247 g/mol. The number of rotatable bonds is 4. The normalized spacial score (nSPS) is 9.80. The van der Waals surface area contributed by atoms with E-state index in [-0.39, 0.29) is 18.2 Å². The maximum atomic E-state index is 11.3. The molecule has 0 fully saturated rings. The lowest BCUT2D eigenvalue weighted by Gasteiger charge is -2.09. The van der Waals surface area contributed by atoms with E-state index >= 15 is 0 Å². The Labute approximate surface area is 98.3 Å². The van der Waals surface area contributed by atoms with E-state index in [0.717, 1.165) is 0 Å². The third-order valence-electron chi connectivity index (χ3n) is 1.76. The molecule has 0 aliphatic carbocycles. The summed E-state index contributed by atoms with van der Waals surface area (Å²) in [6.45, 7) is 0. The van der Waals surface area contributed by atoms with E-state index in [2.05, 4.69) is 5.32 Å². The Bertz CT molecular complexity index is 355. The molecule has 1 amide bonds. The smallest absolute Gasteiger partial charge is 0.225 e. The van der Waals surface area contributed by atoms with Crippen LogP contribution in [-0.4, -0.2) is 18.9 Å². The van der Waals surface area contributed by atoms with Crippen LogP contribution < -0.4 is 10.1 Å². The van der Waals surface area contributed by atoms with Crippen LogP contribution in [0.5, 0.6) is 5.75 Å². The van der Waals surface area contributed by atoms with Gasteiger partial charge in [0.15, 0.2) is 0 Å². The minimum atomic E-state index is -0.162. The predicted molar refractivity (Wildman–Crippen MR) is 62.0 cm³/mol. The fourth-order valence-corrected chi connectivity index (χ4v) is 1.42. The summed E-state index contributed by atoms with van der Waals surface area (Å²) in [6.07, 6.45) is 0.261. The maximum absolute atomic E-state index is 11.3. The second-order valence-corrected chi connectivity index (χ2v) is 3.65. The van der Waals surface area contributed by atoms with E-state index in [1.54, 1.807) is 18.2 Å². The lowest BCUT2D eigenvalue weighted by Crippen LogP contribution is -2.12. The number of hydrogen-bond donors (Lipinski definition) is 1. The topological polar surface area (TPSA) is 38.3 Å². The van der Waals surface area contributed by atoms with Crippen LogP contribution in [0.25, 0.3) is 0 Å². The number of anilines is 1. The Morgan fingerprint density at radius 2 is 2.27 bits per heavy atom. The van der Waals surface area contributed by atoms with Gasteiger partial charge in [-0.2, -0.15) is 0 Å². The van der Waals surface area contributed by atoms with Gasteiger partial charge in [-0.3, -0.25) is 4.79 Å². The van der Waals surface area contributed by atoms with E-state index in [4.69, 9.17) is 27.9 Å². The number of amides is 1. The first-order valence-electron chi connectivity index (χ1n) is 4.36. The van der Waals surface area contributed by atoms with Gasteiger partial charge in [-0.05, 0) is 18.2 Å². The number of halogens is 2. The average Bonchev–Trinajstić information content (AvgIpc) is 2.18. The number of nitrogens with one attached hydrogen (secondary N) is 1. The van der Waals surface area contributed by atoms with E-state index in [0.29, 0.717) is 16.5 Å². The van der Waals surface area contributed by atoms with Crippen molar-refractivity contribution in [2.75, 3.05) is 18.3 Å². The van der Waals surface area contributed by atoms with Crippen LogP contribution in [0, 0.1) is 0 Å². The fraction of sp³-hybridized carbons (Fsp3) is 0.300. The molecule has 0 atom stereocenters. The number of hydrogen-bond acceptors (Lipinski definition) is 2. The molecule has 0 saturated heterocycles. The standard InChI is InChI=1S/C10H11Cl2NO2/c1-15-9-3-2-7(12)6-8(9)13-10(14)4-5-11/h2-3,6H,4-5H2,1H3,(H,13,14). The molecule has 5 heteroatoms. The summed E-state index contributed by atoms with van der Waals surface area (Å²) in [7, 11) is 1.53. The number of carbonyl (C=O) groups is 1. The zero-order valence-corrected chi connectivity index (χ0v) is 9.73. The highest BCUT2D eigenvalue weighted by atomic mass is 35.5. The van der Waals surface area contributed by atoms with E-state index in [1.807, 2.05) is 0 Å². The van der Waals surface area contributed by atoms with Gasteiger partial charge in [-0.15, -0.1) is 11.6 Å². The van der Waals surface area contributed by atoms with Gasteiger partial charge in [0.05, 0.1) is 12.8 Å². The lowest BCUT2D eigenvalue weighted by molar-refractivity contribution is -0.115. The molecule has 82 valence electrons. The van der Waals surface area contributed by atoms with Crippen molar-refractivity contribution in [2.45, 2.75) is 6.42 Å². The van der Waals surface area contributed by atoms with Crippen molar-refractivity contribution < 1.29 is 9.53 Å². The van der Waals surface area contributed by atoms with Gasteiger partial charge in [0.2, 0.25) is 5.91 Å². The summed E-state index contributed by atoms with van der Waals surface area (Å²) in [5.74, 6) is 0.697. The molecule has 0 aromatic heterocycles. The Kier molecular flexibility index (Phi) is 4.72. The summed E-state index contributed by atoms with van der Waals surface area (Å²) in [5, 5.41) is 3.21. The van der Waals surface area contributed by atoms with Crippen molar-refractivity contribution in [3.8, 4) is 5.75 Å². The Morgan fingerprint density at radius 3 is 2.87 bits per heavy atom.